The lowest BCUT2D eigenvalue weighted by Crippen LogP contribution is -2.14. The maximum atomic E-state index is 12.3. The zero-order chi connectivity index (χ0) is 14.9. The number of amides is 1. The zero-order valence-corrected chi connectivity index (χ0v) is 15.4. The summed E-state index contributed by atoms with van der Waals surface area (Å²) in [6, 6.07) is 8.61. The molecule has 0 bridgehead atoms. The summed E-state index contributed by atoms with van der Waals surface area (Å²) in [5.74, 6) is -0.328. The monoisotopic (exact) mass is 480 g/mol. The Labute approximate surface area is 146 Å². The number of nitrogen functional groups attached to an aromatic ring is 1. The van der Waals surface area contributed by atoms with Crippen LogP contribution in [0.3, 0.4) is 0 Å². The highest BCUT2D eigenvalue weighted by Gasteiger charge is 2.15. The van der Waals surface area contributed by atoms with Crippen molar-refractivity contribution in [2.24, 2.45) is 0 Å². The van der Waals surface area contributed by atoms with Crippen molar-refractivity contribution in [2.45, 2.75) is 0 Å². The average Bonchev–Trinajstić information content (AvgIpc) is 2.36. The molecule has 0 unspecified atom stereocenters. The number of nitrogens with two attached hydrogens (primary N) is 1. The smallest absolute Gasteiger partial charge is 0.257 e. The highest BCUT2D eigenvalue weighted by molar-refractivity contribution is 9.11. The van der Waals surface area contributed by atoms with Crippen LogP contribution in [0.15, 0.2) is 43.7 Å². The molecule has 0 saturated heterocycles. The maximum absolute atomic E-state index is 12.3. The topological polar surface area (TPSA) is 55.1 Å². The molecule has 0 aliphatic heterocycles. The van der Waals surface area contributed by atoms with Crippen LogP contribution in [-0.2, 0) is 0 Å². The highest BCUT2D eigenvalue weighted by atomic mass is 79.9. The third kappa shape index (κ3) is 3.36. The van der Waals surface area contributed by atoms with E-state index in [2.05, 4.69) is 53.1 Å². The summed E-state index contributed by atoms with van der Waals surface area (Å²) < 4.78 is 2.37. The minimum Gasteiger partial charge on any atom is -0.398 e. The van der Waals surface area contributed by atoms with Crippen LogP contribution in [-0.4, -0.2) is 5.91 Å². The lowest BCUT2D eigenvalue weighted by molar-refractivity contribution is 0.102. The molecule has 0 fully saturated rings. The summed E-state index contributed by atoms with van der Waals surface area (Å²) in [6.07, 6.45) is 0. The lowest BCUT2D eigenvalue weighted by atomic mass is 10.2. The summed E-state index contributed by atoms with van der Waals surface area (Å²) in [5.41, 5.74) is 7.01. The Kier molecular flexibility index (Phi) is 5.12. The van der Waals surface area contributed by atoms with Crippen LogP contribution < -0.4 is 11.1 Å². The van der Waals surface area contributed by atoms with E-state index in [-0.39, 0.29) is 10.9 Å². The van der Waals surface area contributed by atoms with Crippen LogP contribution in [0.5, 0.6) is 0 Å². The van der Waals surface area contributed by atoms with E-state index < -0.39 is 0 Å². The van der Waals surface area contributed by atoms with Crippen LogP contribution in [0.4, 0.5) is 11.4 Å². The molecule has 0 spiro atoms. The van der Waals surface area contributed by atoms with Crippen molar-refractivity contribution < 1.29 is 4.79 Å². The van der Waals surface area contributed by atoms with Crippen LogP contribution in [0.2, 0.25) is 5.02 Å². The Morgan fingerprint density at radius 2 is 1.75 bits per heavy atom. The molecular weight excluding hydrogens is 475 g/mol. The van der Waals surface area contributed by atoms with Gasteiger partial charge < -0.3 is 11.1 Å². The molecule has 0 atom stereocenters. The SMILES string of the molecule is Nc1cccc(C(=O)Nc2c(Br)cc(Br)cc2Br)c1Cl. The lowest BCUT2D eigenvalue weighted by Gasteiger charge is -2.12. The molecule has 2 aromatic carbocycles. The molecule has 0 aliphatic rings. The molecule has 0 heterocycles. The summed E-state index contributed by atoms with van der Waals surface area (Å²) in [5, 5.41) is 3.04. The average molecular weight is 483 g/mol. The Bertz CT molecular complexity index is 668. The standard InChI is InChI=1S/C13H8Br3ClN2O/c14-6-4-8(15)12(9(16)5-6)19-13(20)7-2-1-3-10(18)11(7)17/h1-5H,18H2,(H,19,20). The van der Waals surface area contributed by atoms with Gasteiger partial charge in [-0.25, -0.2) is 0 Å². The van der Waals surface area contributed by atoms with Gasteiger partial charge in [0.1, 0.15) is 0 Å². The van der Waals surface area contributed by atoms with Crippen molar-refractivity contribution >= 4 is 76.7 Å². The number of hydrogen-bond acceptors (Lipinski definition) is 2. The molecule has 3 nitrogen and oxygen atoms in total. The predicted molar refractivity (Wildman–Crippen MR) is 93.4 cm³/mol. The first-order valence-corrected chi connectivity index (χ1v) is 8.15. The van der Waals surface area contributed by atoms with Crippen LogP contribution in [0.25, 0.3) is 0 Å². The van der Waals surface area contributed by atoms with Crippen molar-refractivity contribution in [3.63, 3.8) is 0 Å². The molecule has 0 aliphatic carbocycles. The molecule has 104 valence electrons. The van der Waals surface area contributed by atoms with Crippen LogP contribution in [0.1, 0.15) is 10.4 Å². The summed E-state index contributed by atoms with van der Waals surface area (Å²) >= 11 is 16.2. The van der Waals surface area contributed by atoms with Gasteiger partial charge in [-0.2, -0.15) is 0 Å². The number of nitrogens with one attached hydrogen (secondary N) is 1. The van der Waals surface area contributed by atoms with Gasteiger partial charge >= 0.3 is 0 Å². The van der Waals surface area contributed by atoms with Crippen LogP contribution in [0, 0.1) is 0 Å². The summed E-state index contributed by atoms with van der Waals surface area (Å²) in [7, 11) is 0. The molecule has 2 rings (SSSR count). The Morgan fingerprint density at radius 1 is 1.15 bits per heavy atom. The Hall–Kier alpha value is -0.560. The second-order valence-corrected chi connectivity index (χ2v) is 6.91. The minimum absolute atomic E-state index is 0.245. The van der Waals surface area contributed by atoms with Gasteiger partial charge in [0.2, 0.25) is 0 Å². The molecule has 1 amide bonds. The molecule has 0 radical (unpaired) electrons. The number of carbonyl (C=O) groups excluding carboxylic acids is 1. The van der Waals surface area contributed by atoms with E-state index in [4.69, 9.17) is 17.3 Å². The number of benzene rings is 2. The van der Waals surface area contributed by atoms with Crippen molar-refractivity contribution in [3.8, 4) is 0 Å². The second kappa shape index (κ2) is 6.47. The summed E-state index contributed by atoms with van der Waals surface area (Å²) in [4.78, 5) is 12.3. The van der Waals surface area contributed by atoms with Gasteiger partial charge in [0.25, 0.3) is 5.91 Å². The van der Waals surface area contributed by atoms with Crippen molar-refractivity contribution in [1.82, 2.24) is 0 Å². The van der Waals surface area contributed by atoms with E-state index in [0.717, 1.165) is 13.4 Å². The van der Waals surface area contributed by atoms with Gasteiger partial charge in [0.05, 0.1) is 22.0 Å². The fraction of sp³-hybridized carbons (Fsp3) is 0. The molecule has 0 saturated carbocycles. The summed E-state index contributed by atoms with van der Waals surface area (Å²) in [6.45, 7) is 0. The van der Waals surface area contributed by atoms with Gasteiger partial charge in [0.15, 0.2) is 0 Å². The van der Waals surface area contributed by atoms with Crippen molar-refractivity contribution in [1.29, 1.82) is 0 Å². The second-order valence-electron chi connectivity index (χ2n) is 3.91. The normalized spacial score (nSPS) is 10.4. The van der Waals surface area contributed by atoms with Crippen molar-refractivity contribution in [2.75, 3.05) is 11.1 Å². The number of hydrogen-bond donors (Lipinski definition) is 2. The van der Waals surface area contributed by atoms with Crippen molar-refractivity contribution in [3.05, 3.63) is 54.3 Å². The van der Waals surface area contributed by atoms with E-state index in [9.17, 15) is 4.79 Å². The first kappa shape index (κ1) is 15.8. The molecule has 3 N–H and O–H groups in total. The Balaban J connectivity index is 2.36. The third-order valence-electron chi connectivity index (χ3n) is 2.52. The molecule has 20 heavy (non-hydrogen) atoms. The molecule has 0 aromatic heterocycles. The van der Waals surface area contributed by atoms with Gasteiger partial charge in [-0.05, 0) is 56.1 Å². The van der Waals surface area contributed by atoms with Crippen LogP contribution >= 0.6 is 59.4 Å². The first-order chi connectivity index (χ1) is 9.40. The number of halogens is 4. The van der Waals surface area contributed by atoms with E-state index in [1.807, 2.05) is 12.1 Å². The number of carbonyl (C=O) groups is 1. The maximum Gasteiger partial charge on any atom is 0.257 e. The molecule has 7 heteroatoms. The van der Waals surface area contributed by atoms with E-state index in [1.165, 1.54) is 0 Å². The fourth-order valence-corrected chi connectivity index (χ4v) is 4.24. The van der Waals surface area contributed by atoms with Gasteiger partial charge in [-0.3, -0.25) is 4.79 Å². The molecule has 2 aromatic rings. The quantitative estimate of drug-likeness (QED) is 0.558. The van der Waals surface area contributed by atoms with E-state index in [1.54, 1.807) is 18.2 Å². The largest absolute Gasteiger partial charge is 0.398 e. The van der Waals surface area contributed by atoms with E-state index in [0.29, 0.717) is 16.9 Å². The first-order valence-electron chi connectivity index (χ1n) is 5.40. The molecular formula is C13H8Br3ClN2O. The van der Waals surface area contributed by atoms with Gasteiger partial charge in [0, 0.05) is 13.4 Å². The predicted octanol–water partition coefficient (Wildman–Crippen LogP) is 5.46. The Morgan fingerprint density at radius 3 is 2.35 bits per heavy atom. The minimum atomic E-state index is -0.328. The zero-order valence-electron chi connectivity index (χ0n) is 9.88. The van der Waals surface area contributed by atoms with Gasteiger partial charge in [-0.1, -0.05) is 33.6 Å². The number of rotatable bonds is 2. The van der Waals surface area contributed by atoms with Gasteiger partial charge in [-0.15, -0.1) is 0 Å². The number of anilines is 2. The third-order valence-corrected chi connectivity index (χ3v) is 4.65. The fourth-order valence-electron chi connectivity index (χ4n) is 1.57. The van der Waals surface area contributed by atoms with E-state index >= 15 is 0 Å². The highest BCUT2D eigenvalue weighted by Crippen LogP contribution is 2.35.